The molecule has 0 saturated heterocycles. The van der Waals surface area contributed by atoms with E-state index in [1.807, 2.05) is 58.4 Å². The van der Waals surface area contributed by atoms with Crippen molar-refractivity contribution >= 4 is 16.7 Å². The van der Waals surface area contributed by atoms with E-state index >= 15 is 0 Å². The second kappa shape index (κ2) is 6.92. The maximum atomic E-state index is 13.5. The summed E-state index contributed by atoms with van der Waals surface area (Å²) in [5.41, 5.74) is 0.496. The maximum Gasteiger partial charge on any atom is 0.273 e. The summed E-state index contributed by atoms with van der Waals surface area (Å²) < 4.78 is 4.06. The summed E-state index contributed by atoms with van der Waals surface area (Å²) in [5, 5.41) is 6.23. The first kappa shape index (κ1) is 16.7. The Morgan fingerprint density at radius 2 is 1.93 bits per heavy atom. The molecule has 1 unspecified atom stereocenters. The van der Waals surface area contributed by atoms with Gasteiger partial charge in [0.25, 0.3) is 5.91 Å². The standard InChI is InChI=1S/C21H20N6O/c28-21(20-18-5-2-1-4-17(18)6-8-23-20)26-13-16(14-27-10-3-7-24-27)12-25-11-9-22-19(25)15-26/h1-11,16H,12-15H2. The van der Waals surface area contributed by atoms with Gasteiger partial charge in [-0.05, 0) is 17.5 Å². The first-order valence-corrected chi connectivity index (χ1v) is 9.38. The molecule has 1 atom stereocenters. The SMILES string of the molecule is O=C(c1nccc2ccccc12)N1Cc2nccn2CC(Cn2cccn2)C1. The molecule has 0 spiro atoms. The van der Waals surface area contributed by atoms with Crippen molar-refractivity contribution in [2.45, 2.75) is 19.6 Å². The quantitative estimate of drug-likeness (QED) is 0.554. The average Bonchev–Trinajstić information content (AvgIpc) is 3.35. The first-order chi connectivity index (χ1) is 13.8. The predicted octanol–water partition coefficient (Wildman–Crippen LogP) is 2.60. The van der Waals surface area contributed by atoms with Gasteiger partial charge in [0, 0.05) is 61.9 Å². The fourth-order valence-corrected chi connectivity index (χ4v) is 3.92. The number of aromatic nitrogens is 5. The summed E-state index contributed by atoms with van der Waals surface area (Å²) in [5.74, 6) is 1.07. The van der Waals surface area contributed by atoms with Gasteiger partial charge < -0.3 is 9.47 Å². The fourth-order valence-electron chi connectivity index (χ4n) is 3.92. The number of carbonyl (C=O) groups is 1. The maximum absolute atomic E-state index is 13.5. The second-order valence-corrected chi connectivity index (χ2v) is 7.16. The van der Waals surface area contributed by atoms with Crippen molar-refractivity contribution in [2.75, 3.05) is 6.54 Å². The zero-order valence-corrected chi connectivity index (χ0v) is 15.3. The van der Waals surface area contributed by atoms with Crippen LogP contribution in [-0.2, 0) is 19.6 Å². The molecule has 0 radical (unpaired) electrons. The molecular formula is C21H20N6O. The number of pyridine rings is 1. The lowest BCUT2D eigenvalue weighted by atomic mass is 10.1. The molecule has 4 aromatic rings. The number of rotatable bonds is 3. The van der Waals surface area contributed by atoms with Crippen molar-refractivity contribution in [1.29, 1.82) is 0 Å². The van der Waals surface area contributed by atoms with Crippen LogP contribution in [-0.4, -0.2) is 41.7 Å². The number of hydrogen-bond acceptors (Lipinski definition) is 4. The zero-order valence-electron chi connectivity index (χ0n) is 15.3. The number of amides is 1. The lowest BCUT2D eigenvalue weighted by molar-refractivity contribution is 0.0709. The van der Waals surface area contributed by atoms with Crippen LogP contribution in [0.25, 0.3) is 10.8 Å². The Morgan fingerprint density at radius 1 is 1.00 bits per heavy atom. The van der Waals surface area contributed by atoms with Crippen LogP contribution >= 0.6 is 0 Å². The van der Waals surface area contributed by atoms with Gasteiger partial charge in [-0.15, -0.1) is 0 Å². The van der Waals surface area contributed by atoms with Crippen molar-refractivity contribution < 1.29 is 4.79 Å². The molecule has 7 nitrogen and oxygen atoms in total. The Labute approximate surface area is 162 Å². The van der Waals surface area contributed by atoms with Crippen LogP contribution in [0.2, 0.25) is 0 Å². The van der Waals surface area contributed by atoms with Gasteiger partial charge in [0.05, 0.1) is 6.54 Å². The van der Waals surface area contributed by atoms with Crippen LogP contribution < -0.4 is 0 Å². The lowest BCUT2D eigenvalue weighted by Crippen LogP contribution is -2.36. The third kappa shape index (κ3) is 3.05. The highest BCUT2D eigenvalue weighted by atomic mass is 16.2. The summed E-state index contributed by atoms with van der Waals surface area (Å²) in [6.07, 6.45) is 9.22. The largest absolute Gasteiger partial charge is 0.333 e. The summed E-state index contributed by atoms with van der Waals surface area (Å²) >= 11 is 0. The van der Waals surface area contributed by atoms with Gasteiger partial charge in [-0.2, -0.15) is 5.10 Å². The molecule has 0 bridgehead atoms. The van der Waals surface area contributed by atoms with Crippen molar-refractivity contribution in [1.82, 2.24) is 29.2 Å². The zero-order chi connectivity index (χ0) is 18.9. The van der Waals surface area contributed by atoms with E-state index in [-0.39, 0.29) is 11.8 Å². The van der Waals surface area contributed by atoms with E-state index in [0.717, 1.165) is 29.7 Å². The summed E-state index contributed by atoms with van der Waals surface area (Å²) in [6.45, 7) is 2.67. The molecule has 4 heterocycles. The molecule has 1 aliphatic heterocycles. The van der Waals surface area contributed by atoms with Gasteiger partial charge in [-0.25, -0.2) is 4.98 Å². The van der Waals surface area contributed by atoms with Gasteiger partial charge in [-0.1, -0.05) is 24.3 Å². The topological polar surface area (TPSA) is 68.8 Å². The number of nitrogens with zero attached hydrogens (tertiary/aromatic N) is 6. The van der Waals surface area contributed by atoms with Crippen LogP contribution in [0.5, 0.6) is 0 Å². The van der Waals surface area contributed by atoms with Gasteiger partial charge in [0.15, 0.2) is 0 Å². The molecule has 1 aliphatic rings. The molecule has 140 valence electrons. The monoisotopic (exact) mass is 372 g/mol. The minimum absolute atomic E-state index is 0.0567. The van der Waals surface area contributed by atoms with Gasteiger partial charge in [0.1, 0.15) is 11.5 Å². The molecule has 0 saturated carbocycles. The Morgan fingerprint density at radius 3 is 2.82 bits per heavy atom. The van der Waals surface area contributed by atoms with Crippen LogP contribution in [0.3, 0.4) is 0 Å². The second-order valence-electron chi connectivity index (χ2n) is 7.16. The predicted molar refractivity (Wildman–Crippen MR) is 104 cm³/mol. The number of benzene rings is 1. The van der Waals surface area contributed by atoms with Crippen molar-refractivity contribution in [3.63, 3.8) is 0 Å². The Kier molecular flexibility index (Phi) is 4.12. The van der Waals surface area contributed by atoms with Gasteiger partial charge >= 0.3 is 0 Å². The summed E-state index contributed by atoms with van der Waals surface area (Å²) in [4.78, 5) is 24.2. The van der Waals surface area contributed by atoms with E-state index in [1.54, 1.807) is 18.6 Å². The van der Waals surface area contributed by atoms with Crippen LogP contribution in [0.1, 0.15) is 16.3 Å². The first-order valence-electron chi connectivity index (χ1n) is 9.38. The minimum atomic E-state index is -0.0567. The Balaban J connectivity index is 1.49. The van der Waals surface area contributed by atoms with Crippen LogP contribution in [0.4, 0.5) is 0 Å². The van der Waals surface area contributed by atoms with Crippen LogP contribution in [0, 0.1) is 5.92 Å². The molecule has 1 amide bonds. The van der Waals surface area contributed by atoms with E-state index in [2.05, 4.69) is 19.6 Å². The highest BCUT2D eigenvalue weighted by Crippen LogP contribution is 2.22. The minimum Gasteiger partial charge on any atom is -0.333 e. The normalized spacial score (nSPS) is 16.7. The van der Waals surface area contributed by atoms with Crippen molar-refractivity contribution in [3.05, 3.63) is 78.9 Å². The molecular weight excluding hydrogens is 352 g/mol. The molecule has 28 heavy (non-hydrogen) atoms. The van der Waals surface area contributed by atoms with E-state index in [0.29, 0.717) is 18.8 Å². The summed E-state index contributed by atoms with van der Waals surface area (Å²) in [6, 6.07) is 11.7. The highest BCUT2D eigenvalue weighted by molar-refractivity contribution is 6.05. The molecule has 7 heteroatoms. The number of fused-ring (bicyclic) bond motifs is 2. The Bertz CT molecular complexity index is 1110. The number of imidazole rings is 1. The van der Waals surface area contributed by atoms with Crippen molar-refractivity contribution in [3.8, 4) is 0 Å². The lowest BCUT2D eigenvalue weighted by Gasteiger charge is -2.24. The average molecular weight is 372 g/mol. The highest BCUT2D eigenvalue weighted by Gasteiger charge is 2.28. The molecule has 0 aliphatic carbocycles. The molecule has 0 N–H and O–H groups in total. The molecule has 5 rings (SSSR count). The molecule has 0 fully saturated rings. The van der Waals surface area contributed by atoms with E-state index in [1.165, 1.54) is 0 Å². The van der Waals surface area contributed by atoms with E-state index in [4.69, 9.17) is 0 Å². The van der Waals surface area contributed by atoms with E-state index < -0.39 is 0 Å². The van der Waals surface area contributed by atoms with Gasteiger partial charge in [0.2, 0.25) is 0 Å². The number of carbonyl (C=O) groups excluding carboxylic acids is 1. The van der Waals surface area contributed by atoms with Crippen molar-refractivity contribution in [2.24, 2.45) is 5.92 Å². The van der Waals surface area contributed by atoms with Crippen LogP contribution in [0.15, 0.2) is 67.4 Å². The molecule has 3 aromatic heterocycles. The summed E-state index contributed by atoms with van der Waals surface area (Å²) in [7, 11) is 0. The Hall–Kier alpha value is -3.48. The van der Waals surface area contributed by atoms with E-state index in [9.17, 15) is 4.79 Å². The third-order valence-electron chi connectivity index (χ3n) is 5.24. The third-order valence-corrected chi connectivity index (χ3v) is 5.24. The number of hydrogen-bond donors (Lipinski definition) is 0. The molecule has 1 aromatic carbocycles. The van der Waals surface area contributed by atoms with Gasteiger partial charge in [-0.3, -0.25) is 14.5 Å². The smallest absolute Gasteiger partial charge is 0.273 e. The fraction of sp³-hybridized carbons (Fsp3) is 0.238.